The predicted octanol–water partition coefficient (Wildman–Crippen LogP) is 6.23. The molecular weight excluding hydrogens is 386 g/mol. The molecule has 1 saturated carbocycles. The van der Waals surface area contributed by atoms with Gasteiger partial charge in [-0.2, -0.15) is 0 Å². The lowest BCUT2D eigenvalue weighted by Crippen LogP contribution is -2.48. The molecule has 31 heavy (non-hydrogen) atoms. The number of rotatable bonds is 5. The summed E-state index contributed by atoms with van der Waals surface area (Å²) in [4.78, 5) is 13.2. The number of amides is 1. The Morgan fingerprint density at radius 2 is 1.84 bits per heavy atom. The highest BCUT2D eigenvalue weighted by Gasteiger charge is 2.42. The van der Waals surface area contributed by atoms with Gasteiger partial charge in [0.05, 0.1) is 6.04 Å². The average Bonchev–Trinajstić information content (AvgIpc) is 2.74. The van der Waals surface area contributed by atoms with Crippen LogP contribution < -0.4 is 14.8 Å². The Morgan fingerprint density at radius 3 is 2.58 bits per heavy atom. The van der Waals surface area contributed by atoms with Crippen LogP contribution in [-0.4, -0.2) is 17.6 Å². The molecule has 0 aromatic heterocycles. The van der Waals surface area contributed by atoms with Crippen LogP contribution in [0.1, 0.15) is 87.9 Å². The normalized spacial score (nSPS) is 20.6. The van der Waals surface area contributed by atoms with Gasteiger partial charge in [0.25, 0.3) is 5.91 Å². The second-order valence-electron chi connectivity index (χ2n) is 9.60. The molecule has 4 rings (SSSR count). The van der Waals surface area contributed by atoms with Crippen molar-refractivity contribution in [2.75, 3.05) is 0 Å². The molecule has 1 amide bonds. The molecule has 0 unspecified atom stereocenters. The van der Waals surface area contributed by atoms with E-state index < -0.39 is 6.10 Å². The van der Waals surface area contributed by atoms with Crippen molar-refractivity contribution in [3.63, 3.8) is 0 Å². The van der Waals surface area contributed by atoms with Crippen molar-refractivity contribution >= 4 is 5.91 Å². The molecule has 1 spiro atoms. The molecule has 0 bridgehead atoms. The number of para-hydroxylation sites is 1. The van der Waals surface area contributed by atoms with Crippen LogP contribution in [0.2, 0.25) is 0 Å². The van der Waals surface area contributed by atoms with Gasteiger partial charge >= 0.3 is 0 Å². The van der Waals surface area contributed by atoms with Crippen molar-refractivity contribution in [1.82, 2.24) is 5.32 Å². The largest absolute Gasteiger partial charge is 0.487 e. The minimum absolute atomic E-state index is 0.0521. The van der Waals surface area contributed by atoms with Crippen LogP contribution in [0.15, 0.2) is 42.5 Å². The Hall–Kier alpha value is -2.49. The first-order chi connectivity index (χ1) is 14.9. The predicted molar refractivity (Wildman–Crippen MR) is 124 cm³/mol. The molecule has 2 aliphatic rings. The van der Waals surface area contributed by atoms with E-state index in [1.165, 1.54) is 19.3 Å². The maximum Gasteiger partial charge on any atom is 0.261 e. The first-order valence-electron chi connectivity index (χ1n) is 11.7. The first-order valence-corrected chi connectivity index (χ1v) is 11.7. The summed E-state index contributed by atoms with van der Waals surface area (Å²) >= 11 is 0. The maximum absolute atomic E-state index is 13.2. The zero-order valence-corrected chi connectivity index (χ0v) is 19.2. The van der Waals surface area contributed by atoms with Crippen molar-refractivity contribution in [2.24, 2.45) is 0 Å². The van der Waals surface area contributed by atoms with E-state index in [9.17, 15) is 4.79 Å². The standard InChI is InChI=1S/C27H35NO3/c1-18(2)21-13-12-19(3)16-25(21)30-20(4)26(29)28-23-17-27(14-8-5-9-15-27)31-24-11-7-6-10-22(23)24/h6-7,10-13,16,18,20,23H,5,8-9,14-15,17H2,1-4H3,(H,28,29)/t20-,23+/m0/s1. The molecule has 2 aromatic carbocycles. The van der Waals surface area contributed by atoms with E-state index in [1.54, 1.807) is 0 Å². The van der Waals surface area contributed by atoms with Gasteiger partial charge in [-0.05, 0) is 68.7 Å². The molecule has 0 saturated heterocycles. The lowest BCUT2D eigenvalue weighted by Gasteiger charge is -2.44. The second-order valence-corrected chi connectivity index (χ2v) is 9.60. The van der Waals surface area contributed by atoms with Gasteiger partial charge < -0.3 is 14.8 Å². The third-order valence-electron chi connectivity index (χ3n) is 6.74. The number of nitrogens with one attached hydrogen (secondary N) is 1. The summed E-state index contributed by atoms with van der Waals surface area (Å²) in [6, 6.07) is 14.3. The molecule has 1 N–H and O–H groups in total. The number of carbonyl (C=O) groups is 1. The highest BCUT2D eigenvalue weighted by molar-refractivity contribution is 5.81. The Labute approximate surface area is 186 Å². The van der Waals surface area contributed by atoms with Gasteiger partial charge in [-0.3, -0.25) is 4.79 Å². The van der Waals surface area contributed by atoms with Gasteiger partial charge in [0, 0.05) is 12.0 Å². The molecule has 166 valence electrons. The molecular formula is C27H35NO3. The second kappa shape index (κ2) is 8.94. The zero-order chi connectivity index (χ0) is 22.0. The quantitative estimate of drug-likeness (QED) is 0.623. The fraction of sp³-hybridized carbons (Fsp3) is 0.519. The number of benzene rings is 2. The van der Waals surface area contributed by atoms with Crippen LogP contribution >= 0.6 is 0 Å². The highest BCUT2D eigenvalue weighted by atomic mass is 16.5. The summed E-state index contributed by atoms with van der Waals surface area (Å²) < 4.78 is 12.7. The van der Waals surface area contributed by atoms with Crippen LogP contribution in [0.5, 0.6) is 11.5 Å². The van der Waals surface area contributed by atoms with Crippen LogP contribution in [0.4, 0.5) is 0 Å². The van der Waals surface area contributed by atoms with Gasteiger partial charge in [-0.1, -0.05) is 50.6 Å². The number of fused-ring (bicyclic) bond motifs is 1. The highest BCUT2D eigenvalue weighted by Crippen LogP contribution is 2.46. The average molecular weight is 422 g/mol. The van der Waals surface area contributed by atoms with Gasteiger partial charge in [0.2, 0.25) is 0 Å². The van der Waals surface area contributed by atoms with E-state index in [1.807, 2.05) is 38.1 Å². The Bertz CT molecular complexity index is 930. The third kappa shape index (κ3) is 4.73. The molecule has 2 aromatic rings. The summed E-state index contributed by atoms with van der Waals surface area (Å²) in [7, 11) is 0. The van der Waals surface area contributed by atoms with E-state index in [4.69, 9.17) is 9.47 Å². The van der Waals surface area contributed by atoms with Crippen LogP contribution in [-0.2, 0) is 4.79 Å². The van der Waals surface area contributed by atoms with E-state index in [-0.39, 0.29) is 17.6 Å². The van der Waals surface area contributed by atoms with Gasteiger partial charge in [-0.25, -0.2) is 0 Å². The van der Waals surface area contributed by atoms with E-state index in [0.29, 0.717) is 5.92 Å². The monoisotopic (exact) mass is 421 g/mol. The Kier molecular flexibility index (Phi) is 6.27. The van der Waals surface area contributed by atoms with Crippen molar-refractivity contribution in [3.05, 3.63) is 59.2 Å². The molecule has 4 heteroatoms. The fourth-order valence-electron chi connectivity index (χ4n) is 5.00. The van der Waals surface area contributed by atoms with Crippen molar-refractivity contribution in [3.8, 4) is 11.5 Å². The van der Waals surface area contributed by atoms with Crippen molar-refractivity contribution in [2.45, 2.75) is 89.9 Å². The minimum atomic E-state index is -0.573. The molecule has 1 aliphatic carbocycles. The SMILES string of the molecule is Cc1ccc(C(C)C)c(O[C@@H](C)C(=O)N[C@@H]2CC3(CCCCC3)Oc3ccccc32)c1. The summed E-state index contributed by atoms with van der Waals surface area (Å²) in [6.07, 6.45) is 6.01. The summed E-state index contributed by atoms with van der Waals surface area (Å²) in [5.41, 5.74) is 3.17. The van der Waals surface area contributed by atoms with E-state index in [0.717, 1.165) is 47.5 Å². The van der Waals surface area contributed by atoms with Crippen LogP contribution in [0.3, 0.4) is 0 Å². The van der Waals surface area contributed by atoms with Gasteiger partial charge in [0.15, 0.2) is 6.10 Å². The number of ether oxygens (including phenoxy) is 2. The number of hydrogen-bond donors (Lipinski definition) is 1. The van der Waals surface area contributed by atoms with Crippen molar-refractivity contribution in [1.29, 1.82) is 0 Å². The molecule has 1 aliphatic heterocycles. The summed E-state index contributed by atoms with van der Waals surface area (Å²) in [5.74, 6) is 1.97. The Balaban J connectivity index is 1.51. The summed E-state index contributed by atoms with van der Waals surface area (Å²) in [6.45, 7) is 8.17. The topological polar surface area (TPSA) is 47.6 Å². The number of aryl methyl sites for hydroxylation is 1. The van der Waals surface area contributed by atoms with Crippen LogP contribution in [0.25, 0.3) is 0 Å². The lowest BCUT2D eigenvalue weighted by atomic mass is 9.77. The molecule has 4 nitrogen and oxygen atoms in total. The Morgan fingerprint density at radius 1 is 1.10 bits per heavy atom. The van der Waals surface area contributed by atoms with E-state index in [2.05, 4.69) is 37.4 Å². The van der Waals surface area contributed by atoms with E-state index >= 15 is 0 Å². The molecule has 0 radical (unpaired) electrons. The third-order valence-corrected chi connectivity index (χ3v) is 6.74. The smallest absolute Gasteiger partial charge is 0.261 e. The number of carbonyl (C=O) groups excluding carboxylic acids is 1. The molecule has 1 heterocycles. The van der Waals surface area contributed by atoms with Gasteiger partial charge in [0.1, 0.15) is 17.1 Å². The minimum Gasteiger partial charge on any atom is -0.487 e. The first kappa shape index (κ1) is 21.7. The molecule has 2 atom stereocenters. The number of hydrogen-bond acceptors (Lipinski definition) is 3. The van der Waals surface area contributed by atoms with Gasteiger partial charge in [-0.15, -0.1) is 0 Å². The van der Waals surface area contributed by atoms with Crippen molar-refractivity contribution < 1.29 is 14.3 Å². The van der Waals surface area contributed by atoms with Crippen LogP contribution in [0, 0.1) is 6.92 Å². The summed E-state index contributed by atoms with van der Waals surface area (Å²) in [5, 5.41) is 3.29. The molecule has 1 fully saturated rings. The fourth-order valence-corrected chi connectivity index (χ4v) is 5.00. The maximum atomic E-state index is 13.2. The lowest BCUT2D eigenvalue weighted by molar-refractivity contribution is -0.128. The zero-order valence-electron chi connectivity index (χ0n) is 19.2.